The van der Waals surface area contributed by atoms with E-state index >= 15 is 0 Å². The topological polar surface area (TPSA) is 37.8 Å². The van der Waals surface area contributed by atoms with E-state index in [0.717, 1.165) is 11.3 Å². The number of H-pyrrole nitrogens is 1. The Labute approximate surface area is 101 Å². The molecule has 1 N–H and O–H groups in total. The van der Waals surface area contributed by atoms with Gasteiger partial charge in [0, 0.05) is 11.6 Å². The quantitative estimate of drug-likeness (QED) is 0.803. The van der Waals surface area contributed by atoms with E-state index in [2.05, 4.69) is 44.9 Å². The Morgan fingerprint density at radius 1 is 1.18 bits per heavy atom. The first-order chi connectivity index (χ1) is 7.88. The molecule has 3 heteroatoms. The van der Waals surface area contributed by atoms with E-state index in [9.17, 15) is 4.79 Å². The van der Waals surface area contributed by atoms with Gasteiger partial charge in [-0.1, -0.05) is 23.8 Å². The van der Waals surface area contributed by atoms with Crippen molar-refractivity contribution in [2.45, 2.75) is 33.2 Å². The lowest BCUT2D eigenvalue weighted by Gasteiger charge is -2.23. The second-order valence-corrected chi connectivity index (χ2v) is 5.38. The van der Waals surface area contributed by atoms with E-state index in [1.165, 1.54) is 5.56 Å². The second kappa shape index (κ2) is 3.91. The summed E-state index contributed by atoms with van der Waals surface area (Å²) in [5, 5.41) is 2.86. The van der Waals surface area contributed by atoms with Gasteiger partial charge in [0.25, 0.3) is 5.56 Å². The highest BCUT2D eigenvalue weighted by Gasteiger charge is 2.18. The van der Waals surface area contributed by atoms with Crippen molar-refractivity contribution in [2.75, 3.05) is 0 Å². The van der Waals surface area contributed by atoms with E-state index in [1.807, 2.05) is 16.8 Å². The summed E-state index contributed by atoms with van der Waals surface area (Å²) < 4.78 is 1.92. The van der Waals surface area contributed by atoms with E-state index in [0.29, 0.717) is 0 Å². The van der Waals surface area contributed by atoms with Crippen LogP contribution in [0.1, 0.15) is 26.3 Å². The number of aryl methyl sites for hydroxylation is 1. The van der Waals surface area contributed by atoms with Crippen LogP contribution in [0.5, 0.6) is 0 Å². The first kappa shape index (κ1) is 11.7. The number of nitrogens with zero attached hydrogens (tertiary/aromatic N) is 1. The number of aromatic nitrogens is 2. The Bertz CT molecular complexity index is 585. The summed E-state index contributed by atoms with van der Waals surface area (Å²) in [5.74, 6) is 0. The van der Waals surface area contributed by atoms with Gasteiger partial charge in [-0.25, -0.2) is 0 Å². The van der Waals surface area contributed by atoms with Gasteiger partial charge in [-0.3, -0.25) is 14.6 Å². The molecule has 0 saturated carbocycles. The van der Waals surface area contributed by atoms with Crippen molar-refractivity contribution in [3.63, 3.8) is 0 Å². The summed E-state index contributed by atoms with van der Waals surface area (Å²) in [6.45, 7) is 8.27. The van der Waals surface area contributed by atoms with Crippen molar-refractivity contribution >= 4 is 0 Å². The van der Waals surface area contributed by atoms with Gasteiger partial charge in [0.1, 0.15) is 0 Å². The molecule has 0 atom stereocenters. The van der Waals surface area contributed by atoms with Crippen LogP contribution in [0.15, 0.2) is 35.1 Å². The van der Waals surface area contributed by atoms with Crippen molar-refractivity contribution in [1.29, 1.82) is 0 Å². The zero-order valence-corrected chi connectivity index (χ0v) is 10.7. The number of aromatic amines is 1. The highest BCUT2D eigenvalue weighted by molar-refractivity contribution is 5.60. The van der Waals surface area contributed by atoms with E-state index in [4.69, 9.17) is 0 Å². The van der Waals surface area contributed by atoms with Crippen LogP contribution in [0.4, 0.5) is 0 Å². The largest absolute Gasteiger partial charge is 0.279 e. The van der Waals surface area contributed by atoms with Crippen LogP contribution in [-0.2, 0) is 5.54 Å². The third-order valence-corrected chi connectivity index (χ3v) is 2.72. The van der Waals surface area contributed by atoms with E-state index in [1.54, 1.807) is 6.07 Å². The van der Waals surface area contributed by atoms with Gasteiger partial charge in [0.2, 0.25) is 0 Å². The van der Waals surface area contributed by atoms with Crippen LogP contribution < -0.4 is 5.56 Å². The maximum Gasteiger partial charge on any atom is 0.264 e. The molecule has 90 valence electrons. The van der Waals surface area contributed by atoms with Gasteiger partial charge in [0.15, 0.2) is 0 Å². The summed E-state index contributed by atoms with van der Waals surface area (Å²) in [4.78, 5) is 11.5. The Morgan fingerprint density at radius 2 is 1.88 bits per heavy atom. The van der Waals surface area contributed by atoms with Crippen LogP contribution in [0.2, 0.25) is 0 Å². The molecule has 3 nitrogen and oxygen atoms in total. The minimum absolute atomic E-state index is 0.0589. The summed E-state index contributed by atoms with van der Waals surface area (Å²) in [6, 6.07) is 9.83. The van der Waals surface area contributed by atoms with Gasteiger partial charge in [-0.05, 0) is 33.8 Å². The monoisotopic (exact) mass is 230 g/mol. The number of nitrogens with one attached hydrogen (secondary N) is 1. The zero-order chi connectivity index (χ0) is 12.6. The standard InChI is InChI=1S/C14H18N2O/c1-10-6-5-7-11(8-10)12-9-13(17)15-16(12)14(2,3)4/h5-9H,1-4H3,(H,15,17). The molecule has 1 heterocycles. The smallest absolute Gasteiger partial charge is 0.264 e. The molecule has 2 aromatic rings. The first-order valence-electron chi connectivity index (χ1n) is 5.77. The maximum atomic E-state index is 11.5. The molecular weight excluding hydrogens is 212 g/mol. The van der Waals surface area contributed by atoms with Crippen molar-refractivity contribution in [1.82, 2.24) is 9.78 Å². The second-order valence-electron chi connectivity index (χ2n) is 5.38. The third kappa shape index (κ3) is 2.33. The highest BCUT2D eigenvalue weighted by atomic mass is 16.1. The van der Waals surface area contributed by atoms with Crippen LogP contribution in [-0.4, -0.2) is 9.78 Å². The minimum atomic E-state index is -0.137. The number of benzene rings is 1. The van der Waals surface area contributed by atoms with Crippen molar-refractivity contribution in [3.05, 3.63) is 46.2 Å². The number of hydrogen-bond acceptors (Lipinski definition) is 1. The molecule has 0 bridgehead atoms. The average molecular weight is 230 g/mol. The van der Waals surface area contributed by atoms with Crippen LogP contribution in [0.3, 0.4) is 0 Å². The molecule has 1 aromatic carbocycles. The van der Waals surface area contributed by atoms with Gasteiger partial charge in [-0.2, -0.15) is 0 Å². The van der Waals surface area contributed by atoms with Crippen LogP contribution in [0.25, 0.3) is 11.3 Å². The SMILES string of the molecule is Cc1cccc(-c2cc(=O)[nH]n2C(C)(C)C)c1. The molecule has 0 aliphatic rings. The van der Waals surface area contributed by atoms with Gasteiger partial charge < -0.3 is 0 Å². The van der Waals surface area contributed by atoms with Crippen molar-refractivity contribution in [2.24, 2.45) is 0 Å². The molecule has 0 saturated heterocycles. The first-order valence-corrected chi connectivity index (χ1v) is 5.77. The molecule has 0 fully saturated rings. The summed E-state index contributed by atoms with van der Waals surface area (Å²) in [7, 11) is 0. The molecule has 0 aliphatic carbocycles. The normalized spacial score (nSPS) is 11.8. The van der Waals surface area contributed by atoms with E-state index < -0.39 is 0 Å². The molecule has 0 unspecified atom stereocenters. The highest BCUT2D eigenvalue weighted by Crippen LogP contribution is 2.24. The molecular formula is C14H18N2O. The van der Waals surface area contributed by atoms with Crippen molar-refractivity contribution in [3.8, 4) is 11.3 Å². The lowest BCUT2D eigenvalue weighted by atomic mass is 10.1. The predicted molar refractivity (Wildman–Crippen MR) is 70.2 cm³/mol. The molecule has 0 spiro atoms. The molecule has 1 aromatic heterocycles. The number of hydrogen-bond donors (Lipinski definition) is 1. The van der Waals surface area contributed by atoms with Crippen LogP contribution >= 0.6 is 0 Å². The lowest BCUT2D eigenvalue weighted by Crippen LogP contribution is -2.25. The van der Waals surface area contributed by atoms with Gasteiger partial charge >= 0.3 is 0 Å². The minimum Gasteiger partial charge on any atom is -0.279 e. The van der Waals surface area contributed by atoms with E-state index in [-0.39, 0.29) is 11.1 Å². The number of rotatable bonds is 1. The Kier molecular flexibility index (Phi) is 2.69. The Morgan fingerprint density at radius 3 is 2.47 bits per heavy atom. The van der Waals surface area contributed by atoms with Gasteiger partial charge in [-0.15, -0.1) is 0 Å². The molecule has 0 amide bonds. The summed E-state index contributed by atoms with van der Waals surface area (Å²) in [5.41, 5.74) is 3.00. The molecule has 0 radical (unpaired) electrons. The average Bonchev–Trinajstić information content (AvgIpc) is 2.60. The summed E-state index contributed by atoms with van der Waals surface area (Å²) >= 11 is 0. The van der Waals surface area contributed by atoms with Crippen LogP contribution in [0, 0.1) is 6.92 Å². The predicted octanol–water partition coefficient (Wildman–Crippen LogP) is 2.91. The van der Waals surface area contributed by atoms with Crippen molar-refractivity contribution < 1.29 is 0 Å². The zero-order valence-electron chi connectivity index (χ0n) is 10.7. The molecule has 2 rings (SSSR count). The maximum absolute atomic E-state index is 11.5. The third-order valence-electron chi connectivity index (χ3n) is 2.72. The Hall–Kier alpha value is -1.77. The Balaban J connectivity index is 2.64. The lowest BCUT2D eigenvalue weighted by molar-refractivity contribution is 0.358. The van der Waals surface area contributed by atoms with Gasteiger partial charge in [0.05, 0.1) is 11.2 Å². The fraction of sp³-hybridized carbons (Fsp3) is 0.357. The molecule has 17 heavy (non-hydrogen) atoms. The molecule has 0 aliphatic heterocycles. The fourth-order valence-corrected chi connectivity index (χ4v) is 1.94. The summed E-state index contributed by atoms with van der Waals surface area (Å²) in [6.07, 6.45) is 0. The fourth-order valence-electron chi connectivity index (χ4n) is 1.94.